The minimum atomic E-state index is -0.102. The first-order valence-electron chi connectivity index (χ1n) is 6.56. The van der Waals surface area contributed by atoms with Gasteiger partial charge in [0.05, 0.1) is 0 Å². The first-order valence-corrected chi connectivity index (χ1v) is 7.35. The maximum atomic E-state index is 9.48. The first kappa shape index (κ1) is 13.8. The zero-order chi connectivity index (χ0) is 14.8. The van der Waals surface area contributed by atoms with E-state index in [1.54, 1.807) is 12.1 Å². The van der Waals surface area contributed by atoms with E-state index in [1.165, 1.54) is 11.5 Å². The van der Waals surface area contributed by atoms with Crippen molar-refractivity contribution in [1.82, 2.24) is 0 Å². The largest absolute Gasteiger partial charge is 0.504 e. The van der Waals surface area contributed by atoms with Crippen LogP contribution in [0.2, 0.25) is 0 Å². The van der Waals surface area contributed by atoms with Gasteiger partial charge in [0.1, 0.15) is 0 Å². The molecule has 0 amide bonds. The predicted octanol–water partition coefficient (Wildman–Crippen LogP) is 4.63. The predicted molar refractivity (Wildman–Crippen MR) is 88.7 cm³/mol. The van der Waals surface area contributed by atoms with Crippen LogP contribution in [0.1, 0.15) is 5.56 Å². The number of hydrogen-bond acceptors (Lipinski definition) is 3. The fourth-order valence-electron chi connectivity index (χ4n) is 2.21. The molecule has 0 radical (unpaired) electrons. The number of fused-ring (bicyclic) bond motifs is 1. The molecular weight excluding hydrogens is 330 g/mol. The van der Waals surface area contributed by atoms with Crippen molar-refractivity contribution in [3.8, 4) is 11.5 Å². The molecule has 0 spiro atoms. The minimum absolute atomic E-state index is 0.0994. The number of rotatable bonds is 3. The van der Waals surface area contributed by atoms with E-state index >= 15 is 0 Å². The van der Waals surface area contributed by atoms with Gasteiger partial charge in [0.15, 0.2) is 11.5 Å². The maximum absolute atomic E-state index is 9.48. The Balaban J connectivity index is 1.78. The molecule has 3 N–H and O–H groups in total. The summed E-state index contributed by atoms with van der Waals surface area (Å²) in [6, 6.07) is 17.2. The van der Waals surface area contributed by atoms with Crippen molar-refractivity contribution in [3.63, 3.8) is 0 Å². The summed E-state index contributed by atoms with van der Waals surface area (Å²) < 4.78 is 1.07. The van der Waals surface area contributed by atoms with Crippen LogP contribution in [-0.4, -0.2) is 10.2 Å². The van der Waals surface area contributed by atoms with Crippen molar-refractivity contribution in [3.05, 3.63) is 64.6 Å². The fourth-order valence-corrected chi connectivity index (χ4v) is 2.59. The lowest BCUT2D eigenvalue weighted by Crippen LogP contribution is -1.99. The van der Waals surface area contributed by atoms with E-state index in [9.17, 15) is 10.2 Å². The van der Waals surface area contributed by atoms with Crippen molar-refractivity contribution in [2.45, 2.75) is 6.54 Å². The molecule has 3 aromatic rings. The van der Waals surface area contributed by atoms with Gasteiger partial charge in [-0.3, -0.25) is 0 Å². The van der Waals surface area contributed by atoms with E-state index in [0.717, 1.165) is 21.1 Å². The van der Waals surface area contributed by atoms with Crippen LogP contribution >= 0.6 is 15.9 Å². The van der Waals surface area contributed by atoms with E-state index in [2.05, 4.69) is 45.5 Å². The Morgan fingerprint density at radius 1 is 0.810 bits per heavy atom. The Hall–Kier alpha value is -2.20. The van der Waals surface area contributed by atoms with Crippen molar-refractivity contribution >= 4 is 32.4 Å². The third-order valence-corrected chi connectivity index (χ3v) is 3.83. The molecule has 0 aromatic heterocycles. The van der Waals surface area contributed by atoms with Crippen LogP contribution in [0.5, 0.6) is 11.5 Å². The number of phenolic OH excluding ortho intramolecular Hbond substituents is 2. The molecule has 0 aliphatic heterocycles. The summed E-state index contributed by atoms with van der Waals surface area (Å²) in [6.07, 6.45) is 0. The normalized spacial score (nSPS) is 10.7. The van der Waals surface area contributed by atoms with Gasteiger partial charge in [0.25, 0.3) is 0 Å². The van der Waals surface area contributed by atoms with Crippen LogP contribution in [0.25, 0.3) is 10.8 Å². The summed E-state index contributed by atoms with van der Waals surface area (Å²) in [5.41, 5.74) is 1.92. The molecule has 0 aliphatic rings. The number of hydrogen-bond donors (Lipinski definition) is 3. The Bertz CT molecular complexity index is 802. The van der Waals surface area contributed by atoms with Crippen molar-refractivity contribution in [2.75, 3.05) is 5.32 Å². The average molecular weight is 344 g/mol. The molecule has 0 unspecified atom stereocenters. The van der Waals surface area contributed by atoms with Gasteiger partial charge in [0.2, 0.25) is 0 Å². The van der Waals surface area contributed by atoms with Crippen LogP contribution in [0, 0.1) is 0 Å². The Morgan fingerprint density at radius 2 is 1.57 bits per heavy atom. The molecule has 21 heavy (non-hydrogen) atoms. The fraction of sp³-hybridized carbons (Fsp3) is 0.0588. The summed E-state index contributed by atoms with van der Waals surface area (Å²) in [6.45, 7) is 0.579. The highest BCUT2D eigenvalue weighted by Crippen LogP contribution is 2.26. The van der Waals surface area contributed by atoms with E-state index < -0.39 is 0 Å². The maximum Gasteiger partial charge on any atom is 0.157 e. The number of nitrogens with one attached hydrogen (secondary N) is 1. The molecular formula is C17H14BrNO2. The Morgan fingerprint density at radius 3 is 2.38 bits per heavy atom. The minimum Gasteiger partial charge on any atom is -0.504 e. The molecule has 0 atom stereocenters. The monoisotopic (exact) mass is 343 g/mol. The van der Waals surface area contributed by atoms with Crippen LogP contribution in [0.4, 0.5) is 5.69 Å². The standard InChI is InChI=1S/C17H14BrNO2/c18-14-4-2-13-9-15(5-3-12(13)8-14)19-10-11-1-6-16(20)17(21)7-11/h1-9,19-21H,10H2. The average Bonchev–Trinajstić information content (AvgIpc) is 2.48. The molecule has 0 saturated heterocycles. The lowest BCUT2D eigenvalue weighted by atomic mass is 10.1. The van der Waals surface area contributed by atoms with Gasteiger partial charge in [-0.15, -0.1) is 0 Å². The van der Waals surface area contributed by atoms with Crippen LogP contribution in [0.3, 0.4) is 0 Å². The summed E-state index contributed by atoms with van der Waals surface area (Å²) in [4.78, 5) is 0. The van der Waals surface area contributed by atoms with Crippen LogP contribution in [-0.2, 0) is 6.54 Å². The van der Waals surface area contributed by atoms with E-state index in [-0.39, 0.29) is 11.5 Å². The van der Waals surface area contributed by atoms with Crippen molar-refractivity contribution in [1.29, 1.82) is 0 Å². The lowest BCUT2D eigenvalue weighted by molar-refractivity contribution is 0.403. The zero-order valence-electron chi connectivity index (χ0n) is 11.2. The third kappa shape index (κ3) is 3.11. The number of phenols is 2. The van der Waals surface area contributed by atoms with Gasteiger partial charge >= 0.3 is 0 Å². The molecule has 0 fully saturated rings. The van der Waals surface area contributed by atoms with Gasteiger partial charge in [-0.1, -0.05) is 34.1 Å². The zero-order valence-corrected chi connectivity index (χ0v) is 12.8. The molecule has 4 heteroatoms. The molecule has 0 saturated carbocycles. The van der Waals surface area contributed by atoms with E-state index in [0.29, 0.717) is 6.54 Å². The Kier molecular flexibility index (Phi) is 3.71. The Labute approximate surface area is 131 Å². The molecule has 3 aromatic carbocycles. The molecule has 3 rings (SSSR count). The van der Waals surface area contributed by atoms with Crippen molar-refractivity contribution in [2.24, 2.45) is 0 Å². The van der Waals surface area contributed by atoms with Crippen LogP contribution < -0.4 is 5.32 Å². The smallest absolute Gasteiger partial charge is 0.157 e. The van der Waals surface area contributed by atoms with Gasteiger partial charge in [0, 0.05) is 16.7 Å². The third-order valence-electron chi connectivity index (χ3n) is 3.34. The quantitative estimate of drug-likeness (QED) is 0.608. The summed E-state index contributed by atoms with van der Waals surface area (Å²) in [5.74, 6) is -0.201. The number of aromatic hydroxyl groups is 2. The van der Waals surface area contributed by atoms with Crippen molar-refractivity contribution < 1.29 is 10.2 Å². The van der Waals surface area contributed by atoms with Crippen LogP contribution in [0.15, 0.2) is 59.1 Å². The number of halogens is 1. The SMILES string of the molecule is Oc1ccc(CNc2ccc3cc(Br)ccc3c2)cc1O. The summed E-state index contributed by atoms with van der Waals surface area (Å²) >= 11 is 3.47. The highest BCUT2D eigenvalue weighted by molar-refractivity contribution is 9.10. The number of benzene rings is 3. The number of anilines is 1. The second-order valence-corrected chi connectivity index (χ2v) is 5.80. The topological polar surface area (TPSA) is 52.5 Å². The van der Waals surface area contributed by atoms with Gasteiger partial charge in [-0.05, 0) is 52.7 Å². The second-order valence-electron chi connectivity index (χ2n) is 4.88. The highest BCUT2D eigenvalue weighted by Gasteiger charge is 2.01. The summed E-state index contributed by atoms with van der Waals surface area (Å²) in [5, 5.41) is 24.4. The van der Waals surface area contributed by atoms with E-state index in [4.69, 9.17) is 0 Å². The highest BCUT2D eigenvalue weighted by atomic mass is 79.9. The molecule has 3 nitrogen and oxygen atoms in total. The van der Waals surface area contributed by atoms with Gasteiger partial charge in [-0.25, -0.2) is 0 Å². The second kappa shape index (κ2) is 5.66. The molecule has 0 bridgehead atoms. The van der Waals surface area contributed by atoms with Gasteiger partial charge in [-0.2, -0.15) is 0 Å². The summed E-state index contributed by atoms with van der Waals surface area (Å²) in [7, 11) is 0. The molecule has 106 valence electrons. The van der Waals surface area contributed by atoms with Gasteiger partial charge < -0.3 is 15.5 Å². The first-order chi connectivity index (χ1) is 10.1. The lowest BCUT2D eigenvalue weighted by Gasteiger charge is -2.09. The molecule has 0 aliphatic carbocycles. The molecule has 0 heterocycles. The van der Waals surface area contributed by atoms with E-state index in [1.807, 2.05) is 12.1 Å².